The molecule has 0 aliphatic carbocycles. The zero-order chi connectivity index (χ0) is 22.1. The number of halogens is 1. The Morgan fingerprint density at radius 3 is 2.61 bits per heavy atom. The molecule has 0 saturated heterocycles. The second-order valence-electron chi connectivity index (χ2n) is 6.81. The average molecular weight is 459 g/mol. The van der Waals surface area contributed by atoms with Crippen LogP contribution in [0.2, 0.25) is 5.02 Å². The monoisotopic (exact) mass is 458 g/mol. The minimum absolute atomic E-state index is 0.531. The van der Waals surface area contributed by atoms with Crippen molar-refractivity contribution in [2.24, 2.45) is 0 Å². The van der Waals surface area contributed by atoms with Gasteiger partial charge in [-0.3, -0.25) is 4.68 Å². The predicted molar refractivity (Wildman–Crippen MR) is 129 cm³/mol. The van der Waals surface area contributed by atoms with Gasteiger partial charge in [-0.25, -0.2) is 0 Å². The van der Waals surface area contributed by atoms with Gasteiger partial charge >= 0.3 is 0 Å². The van der Waals surface area contributed by atoms with Crippen LogP contribution in [0.3, 0.4) is 0 Å². The lowest BCUT2D eigenvalue weighted by Crippen LogP contribution is -2.30. The van der Waals surface area contributed by atoms with Crippen LogP contribution in [0.4, 0.5) is 5.82 Å². The number of benzene rings is 2. The van der Waals surface area contributed by atoms with Crippen molar-refractivity contribution < 1.29 is 9.47 Å². The zero-order valence-electron chi connectivity index (χ0n) is 17.7. The molecule has 2 N–H and O–H groups in total. The molecule has 1 heterocycles. The van der Waals surface area contributed by atoms with E-state index in [9.17, 15) is 0 Å². The highest BCUT2D eigenvalue weighted by Gasteiger charge is 2.07. The van der Waals surface area contributed by atoms with Crippen LogP contribution in [0.1, 0.15) is 25.0 Å². The Balaban J connectivity index is 1.47. The van der Waals surface area contributed by atoms with E-state index in [4.69, 9.17) is 33.3 Å². The first-order chi connectivity index (χ1) is 15.1. The van der Waals surface area contributed by atoms with Crippen molar-refractivity contribution in [2.45, 2.75) is 26.8 Å². The van der Waals surface area contributed by atoms with Crippen molar-refractivity contribution >= 4 is 34.7 Å². The summed E-state index contributed by atoms with van der Waals surface area (Å²) in [5.74, 6) is 2.23. The number of nitrogens with zero attached hydrogens (tertiary/aromatic N) is 2. The molecule has 0 radical (unpaired) electrons. The Bertz CT molecular complexity index is 1010. The topological polar surface area (TPSA) is 60.3 Å². The lowest BCUT2D eigenvalue weighted by molar-refractivity contribution is 0.287. The molecule has 3 aromatic rings. The van der Waals surface area contributed by atoms with Crippen LogP contribution in [0.15, 0.2) is 54.7 Å². The number of ether oxygens (including phenoxy) is 2. The summed E-state index contributed by atoms with van der Waals surface area (Å²) in [4.78, 5) is 0. The molecule has 8 heteroatoms. The van der Waals surface area contributed by atoms with Gasteiger partial charge in [-0.2, -0.15) is 5.10 Å². The number of rotatable bonds is 10. The first kappa shape index (κ1) is 22.9. The minimum Gasteiger partial charge on any atom is -0.490 e. The normalized spacial score (nSPS) is 10.5. The Hall–Kier alpha value is -2.77. The average Bonchev–Trinajstić information content (AvgIpc) is 3.16. The second-order valence-corrected chi connectivity index (χ2v) is 7.65. The van der Waals surface area contributed by atoms with Crippen LogP contribution in [-0.4, -0.2) is 34.7 Å². The van der Waals surface area contributed by atoms with Crippen LogP contribution in [0, 0.1) is 0 Å². The third kappa shape index (κ3) is 7.15. The molecular formula is C23H27ClN4O2S. The number of thiocarbonyl (C=S) groups is 1. The van der Waals surface area contributed by atoms with Gasteiger partial charge in [0, 0.05) is 23.8 Å². The maximum atomic E-state index is 6.04. The van der Waals surface area contributed by atoms with Crippen molar-refractivity contribution in [3.8, 4) is 11.5 Å². The molecule has 0 spiro atoms. The molecule has 3 rings (SSSR count). The Labute approximate surface area is 193 Å². The van der Waals surface area contributed by atoms with E-state index in [-0.39, 0.29) is 0 Å². The number of hydrogen-bond donors (Lipinski definition) is 2. The quantitative estimate of drug-likeness (QED) is 0.421. The molecule has 0 fully saturated rings. The van der Waals surface area contributed by atoms with Crippen molar-refractivity contribution in [1.29, 1.82) is 0 Å². The number of nitrogens with one attached hydrogen (secondary N) is 2. The number of anilines is 1. The van der Waals surface area contributed by atoms with Gasteiger partial charge in [-0.15, -0.1) is 0 Å². The highest BCUT2D eigenvalue weighted by Crippen LogP contribution is 2.28. The summed E-state index contributed by atoms with van der Waals surface area (Å²) in [5.41, 5.74) is 2.23. The lowest BCUT2D eigenvalue weighted by atomic mass is 10.1. The van der Waals surface area contributed by atoms with Crippen LogP contribution in [0.25, 0.3) is 0 Å². The van der Waals surface area contributed by atoms with Crippen LogP contribution < -0.4 is 20.1 Å². The van der Waals surface area contributed by atoms with E-state index in [0.717, 1.165) is 29.0 Å². The van der Waals surface area contributed by atoms with Gasteiger partial charge in [-0.05, 0) is 67.9 Å². The number of hydrogen-bond acceptors (Lipinski definition) is 4. The number of aromatic nitrogens is 2. The highest BCUT2D eigenvalue weighted by molar-refractivity contribution is 7.80. The molecule has 1 aromatic heterocycles. The largest absolute Gasteiger partial charge is 0.490 e. The molecule has 2 aromatic carbocycles. The van der Waals surface area contributed by atoms with Gasteiger partial charge in [0.1, 0.15) is 0 Å². The van der Waals surface area contributed by atoms with E-state index < -0.39 is 0 Å². The Morgan fingerprint density at radius 1 is 1.03 bits per heavy atom. The second kappa shape index (κ2) is 11.6. The predicted octanol–water partition coefficient (Wildman–Crippen LogP) is 4.91. The molecule has 0 unspecified atom stereocenters. The molecule has 0 saturated carbocycles. The van der Waals surface area contributed by atoms with Crippen LogP contribution in [0.5, 0.6) is 11.5 Å². The van der Waals surface area contributed by atoms with Crippen molar-refractivity contribution in [3.63, 3.8) is 0 Å². The van der Waals surface area contributed by atoms with E-state index in [1.165, 1.54) is 0 Å². The summed E-state index contributed by atoms with van der Waals surface area (Å²) in [7, 11) is 0. The maximum absolute atomic E-state index is 6.04. The smallest absolute Gasteiger partial charge is 0.172 e. The SMILES string of the molecule is CCOc1ccc(CCNC(=S)Nc2ccn(Cc3cccc(Cl)c3)n2)cc1OCC. The maximum Gasteiger partial charge on any atom is 0.172 e. The molecule has 0 aliphatic heterocycles. The van der Waals surface area contributed by atoms with Gasteiger partial charge in [0.05, 0.1) is 19.8 Å². The molecule has 0 amide bonds. The summed E-state index contributed by atoms with van der Waals surface area (Å²) in [6, 6.07) is 15.6. The molecular weight excluding hydrogens is 432 g/mol. The lowest BCUT2D eigenvalue weighted by Gasteiger charge is -2.13. The fourth-order valence-corrected chi connectivity index (χ4v) is 3.49. The van der Waals surface area contributed by atoms with E-state index in [1.54, 1.807) is 0 Å². The standard InChI is InChI=1S/C23H27ClN4O2S/c1-3-29-20-9-8-17(15-21(20)30-4-2)10-12-25-23(31)26-22-11-13-28(27-22)16-18-6-5-7-19(24)14-18/h5-9,11,13-15H,3-4,10,12,16H2,1-2H3,(H2,25,26,27,31). The van der Waals surface area contributed by atoms with Gasteiger partial charge in [0.2, 0.25) is 0 Å². The van der Waals surface area contributed by atoms with E-state index in [1.807, 2.05) is 73.3 Å². The summed E-state index contributed by atoms with van der Waals surface area (Å²) in [5, 5.41) is 12.1. The summed E-state index contributed by atoms with van der Waals surface area (Å²) < 4.78 is 13.1. The van der Waals surface area contributed by atoms with Crippen molar-refractivity contribution in [1.82, 2.24) is 15.1 Å². The highest BCUT2D eigenvalue weighted by atomic mass is 35.5. The van der Waals surface area contributed by atoms with E-state index in [0.29, 0.717) is 42.3 Å². The van der Waals surface area contributed by atoms with Crippen LogP contribution >= 0.6 is 23.8 Å². The molecule has 0 aliphatic rings. The first-order valence-corrected chi connectivity index (χ1v) is 11.1. The molecule has 31 heavy (non-hydrogen) atoms. The Kier molecular flexibility index (Phi) is 8.55. The molecule has 6 nitrogen and oxygen atoms in total. The third-order valence-corrected chi connectivity index (χ3v) is 4.90. The first-order valence-electron chi connectivity index (χ1n) is 10.3. The molecule has 164 valence electrons. The fraction of sp³-hybridized carbons (Fsp3) is 0.304. The third-order valence-electron chi connectivity index (χ3n) is 4.42. The van der Waals surface area contributed by atoms with Gasteiger partial charge in [0.25, 0.3) is 0 Å². The van der Waals surface area contributed by atoms with Gasteiger partial charge in [-0.1, -0.05) is 29.8 Å². The van der Waals surface area contributed by atoms with Crippen molar-refractivity contribution in [2.75, 3.05) is 25.1 Å². The minimum atomic E-state index is 0.531. The Morgan fingerprint density at radius 2 is 1.84 bits per heavy atom. The molecule has 0 bridgehead atoms. The summed E-state index contributed by atoms with van der Waals surface area (Å²) in [6.07, 6.45) is 2.71. The van der Waals surface area contributed by atoms with Gasteiger partial charge in [0.15, 0.2) is 22.4 Å². The van der Waals surface area contributed by atoms with Crippen molar-refractivity contribution in [3.05, 3.63) is 70.9 Å². The molecule has 0 atom stereocenters. The van der Waals surface area contributed by atoms with Crippen LogP contribution in [-0.2, 0) is 13.0 Å². The summed E-state index contributed by atoms with van der Waals surface area (Å²) in [6.45, 7) is 6.46. The van der Waals surface area contributed by atoms with E-state index in [2.05, 4.69) is 15.7 Å². The summed E-state index contributed by atoms with van der Waals surface area (Å²) >= 11 is 11.4. The van der Waals surface area contributed by atoms with E-state index >= 15 is 0 Å². The zero-order valence-corrected chi connectivity index (χ0v) is 19.3. The fourth-order valence-electron chi connectivity index (χ4n) is 3.07. The van der Waals surface area contributed by atoms with Gasteiger partial charge < -0.3 is 20.1 Å².